The van der Waals surface area contributed by atoms with Crippen LogP contribution in [-0.4, -0.2) is 44.2 Å². The van der Waals surface area contributed by atoms with Gasteiger partial charge < -0.3 is 10.6 Å². The fraction of sp³-hybridized carbons (Fsp3) is 0.364. The van der Waals surface area contributed by atoms with Crippen LogP contribution in [0.25, 0.3) is 0 Å². The summed E-state index contributed by atoms with van der Waals surface area (Å²) < 4.78 is 65.3. The van der Waals surface area contributed by atoms with Crippen molar-refractivity contribution in [3.63, 3.8) is 0 Å². The summed E-state index contributed by atoms with van der Waals surface area (Å²) >= 11 is 0. The molecule has 11 heteroatoms. The Bertz CT molecular complexity index is 1080. The predicted octanol–water partition coefficient (Wildman–Crippen LogP) is 2.54. The summed E-state index contributed by atoms with van der Waals surface area (Å²) in [6.45, 7) is 0.128. The Morgan fingerprint density at radius 2 is 1.64 bits per heavy atom. The third kappa shape index (κ3) is 6.55. The van der Waals surface area contributed by atoms with Gasteiger partial charge in [0.25, 0.3) is 0 Å². The van der Waals surface area contributed by atoms with Crippen molar-refractivity contribution < 1.29 is 31.2 Å². The van der Waals surface area contributed by atoms with Gasteiger partial charge in [-0.25, -0.2) is 8.42 Å². The van der Waals surface area contributed by atoms with Crippen LogP contribution in [0.2, 0.25) is 0 Å². The highest BCUT2D eigenvalue weighted by atomic mass is 32.2. The van der Waals surface area contributed by atoms with Crippen molar-refractivity contribution in [1.82, 2.24) is 14.9 Å². The van der Waals surface area contributed by atoms with Gasteiger partial charge in [0.1, 0.15) is 0 Å². The van der Waals surface area contributed by atoms with Crippen LogP contribution in [0.3, 0.4) is 0 Å². The largest absolute Gasteiger partial charge is 0.416 e. The van der Waals surface area contributed by atoms with Crippen LogP contribution in [-0.2, 0) is 32.3 Å². The number of sulfonamides is 1. The lowest BCUT2D eigenvalue weighted by Gasteiger charge is -2.30. The van der Waals surface area contributed by atoms with Crippen LogP contribution < -0.4 is 10.6 Å². The first-order valence-corrected chi connectivity index (χ1v) is 11.8. The van der Waals surface area contributed by atoms with E-state index in [9.17, 15) is 31.2 Å². The number of carbonyl (C=O) groups excluding carboxylic acids is 2. The first-order chi connectivity index (χ1) is 15.6. The van der Waals surface area contributed by atoms with Crippen LogP contribution in [0.4, 0.5) is 13.2 Å². The quantitative estimate of drug-likeness (QED) is 0.633. The Balaban J connectivity index is 1.49. The smallest absolute Gasteiger partial charge is 0.350 e. The Hall–Kier alpha value is -2.92. The fourth-order valence-electron chi connectivity index (χ4n) is 3.51. The standard InChI is InChI=1S/C22H24F3N3O4S/c23-22(24,25)18-7-4-8-19(13-18)33(31,32)28-11-9-17(10-12-28)21(30)27-15-20(29)26-14-16-5-2-1-3-6-16/h1-8,13,17H,9-12,14-15H2,(H,26,29)(H,27,30). The maximum atomic E-state index is 12.9. The SMILES string of the molecule is O=C(CNC(=O)C1CCN(S(=O)(=O)c2cccc(C(F)(F)F)c2)CC1)NCc1ccccc1. The van der Waals surface area contributed by atoms with E-state index in [0.717, 1.165) is 28.1 Å². The molecule has 7 nitrogen and oxygen atoms in total. The molecule has 0 unspecified atom stereocenters. The highest BCUT2D eigenvalue weighted by Gasteiger charge is 2.35. The molecule has 2 amide bonds. The summed E-state index contributed by atoms with van der Waals surface area (Å²) in [6.07, 6.45) is -4.24. The Labute approximate surface area is 190 Å². The van der Waals surface area contributed by atoms with E-state index < -0.39 is 32.6 Å². The van der Waals surface area contributed by atoms with Gasteiger partial charge in [0.05, 0.1) is 17.0 Å². The number of hydrogen-bond acceptors (Lipinski definition) is 4. The van der Waals surface area contributed by atoms with E-state index in [0.29, 0.717) is 12.6 Å². The number of piperidine rings is 1. The van der Waals surface area contributed by atoms with Gasteiger partial charge in [0, 0.05) is 25.6 Å². The monoisotopic (exact) mass is 483 g/mol. The van der Waals surface area contributed by atoms with Crippen molar-refractivity contribution in [2.75, 3.05) is 19.6 Å². The molecule has 178 valence electrons. The highest BCUT2D eigenvalue weighted by molar-refractivity contribution is 7.89. The van der Waals surface area contributed by atoms with Crippen molar-refractivity contribution >= 4 is 21.8 Å². The zero-order valence-electron chi connectivity index (χ0n) is 17.6. The van der Waals surface area contributed by atoms with E-state index in [1.807, 2.05) is 30.3 Å². The van der Waals surface area contributed by atoms with Gasteiger partial charge in [0.2, 0.25) is 21.8 Å². The van der Waals surface area contributed by atoms with Crippen molar-refractivity contribution in [3.05, 3.63) is 65.7 Å². The molecule has 0 atom stereocenters. The molecule has 1 aliphatic heterocycles. The number of carbonyl (C=O) groups is 2. The lowest BCUT2D eigenvalue weighted by molar-refractivity contribution is -0.137. The number of benzene rings is 2. The summed E-state index contributed by atoms with van der Waals surface area (Å²) in [6, 6.07) is 12.9. The van der Waals surface area contributed by atoms with E-state index in [-0.39, 0.29) is 44.3 Å². The molecule has 0 spiro atoms. The van der Waals surface area contributed by atoms with Crippen molar-refractivity contribution in [1.29, 1.82) is 0 Å². The van der Waals surface area contributed by atoms with Crippen LogP contribution in [0.1, 0.15) is 24.0 Å². The molecule has 33 heavy (non-hydrogen) atoms. The second kappa shape index (κ2) is 10.3. The topological polar surface area (TPSA) is 95.6 Å². The van der Waals surface area contributed by atoms with Gasteiger partial charge in [-0.15, -0.1) is 0 Å². The molecule has 0 bridgehead atoms. The van der Waals surface area contributed by atoms with E-state index in [1.165, 1.54) is 0 Å². The number of rotatable bonds is 7. The molecule has 2 N–H and O–H groups in total. The molecule has 3 rings (SSSR count). The third-order valence-electron chi connectivity index (χ3n) is 5.38. The van der Waals surface area contributed by atoms with Gasteiger partial charge in [-0.2, -0.15) is 17.5 Å². The zero-order chi connectivity index (χ0) is 24.1. The third-order valence-corrected chi connectivity index (χ3v) is 7.27. The summed E-state index contributed by atoms with van der Waals surface area (Å²) in [7, 11) is -4.12. The molecule has 1 aliphatic rings. The second-order valence-corrected chi connectivity index (χ2v) is 9.62. The minimum Gasteiger partial charge on any atom is -0.350 e. The molecular weight excluding hydrogens is 459 g/mol. The van der Waals surface area contributed by atoms with Gasteiger partial charge in [-0.05, 0) is 36.6 Å². The first kappa shape index (κ1) is 24.7. The lowest BCUT2D eigenvalue weighted by atomic mass is 9.97. The Morgan fingerprint density at radius 1 is 0.970 bits per heavy atom. The molecule has 2 aromatic carbocycles. The van der Waals surface area contributed by atoms with Crippen molar-refractivity contribution in [2.24, 2.45) is 5.92 Å². The van der Waals surface area contributed by atoms with Gasteiger partial charge in [-0.1, -0.05) is 36.4 Å². The Kier molecular flexibility index (Phi) is 7.75. The number of halogens is 3. The predicted molar refractivity (Wildman–Crippen MR) is 114 cm³/mol. The van der Waals surface area contributed by atoms with Crippen LogP contribution in [0, 0.1) is 5.92 Å². The van der Waals surface area contributed by atoms with Crippen LogP contribution in [0.15, 0.2) is 59.5 Å². The molecule has 1 fully saturated rings. The zero-order valence-corrected chi connectivity index (χ0v) is 18.5. The molecule has 0 saturated carbocycles. The molecule has 0 aliphatic carbocycles. The van der Waals surface area contributed by atoms with Crippen molar-refractivity contribution in [3.8, 4) is 0 Å². The minimum atomic E-state index is -4.65. The summed E-state index contributed by atoms with van der Waals surface area (Å²) in [4.78, 5) is 23.9. The Morgan fingerprint density at radius 3 is 2.27 bits per heavy atom. The lowest BCUT2D eigenvalue weighted by Crippen LogP contribution is -2.45. The molecule has 0 aromatic heterocycles. The molecule has 2 aromatic rings. The van der Waals surface area contributed by atoms with Gasteiger partial charge >= 0.3 is 6.18 Å². The van der Waals surface area contributed by atoms with E-state index in [4.69, 9.17) is 0 Å². The number of nitrogens with zero attached hydrogens (tertiary/aromatic N) is 1. The summed E-state index contributed by atoms with van der Waals surface area (Å²) in [5.41, 5.74) is -0.116. The number of amides is 2. The molecular formula is C22H24F3N3O4S. The van der Waals surface area contributed by atoms with E-state index in [1.54, 1.807) is 0 Å². The van der Waals surface area contributed by atoms with Crippen LogP contribution >= 0.6 is 0 Å². The highest BCUT2D eigenvalue weighted by Crippen LogP contribution is 2.32. The average Bonchev–Trinajstić information content (AvgIpc) is 2.81. The van der Waals surface area contributed by atoms with Gasteiger partial charge in [0.15, 0.2) is 0 Å². The molecule has 1 heterocycles. The average molecular weight is 484 g/mol. The van der Waals surface area contributed by atoms with Crippen molar-refractivity contribution in [2.45, 2.75) is 30.5 Å². The number of alkyl halides is 3. The second-order valence-electron chi connectivity index (χ2n) is 7.68. The van der Waals surface area contributed by atoms with E-state index >= 15 is 0 Å². The summed E-state index contributed by atoms with van der Waals surface area (Å²) in [5.74, 6) is -1.20. The normalized spacial score (nSPS) is 15.7. The maximum absolute atomic E-state index is 12.9. The summed E-state index contributed by atoms with van der Waals surface area (Å²) in [5, 5.41) is 5.25. The van der Waals surface area contributed by atoms with E-state index in [2.05, 4.69) is 10.6 Å². The fourth-order valence-corrected chi connectivity index (χ4v) is 5.03. The van der Waals surface area contributed by atoms with Gasteiger partial charge in [-0.3, -0.25) is 9.59 Å². The first-order valence-electron chi connectivity index (χ1n) is 10.3. The number of nitrogens with one attached hydrogen (secondary N) is 2. The molecule has 1 saturated heterocycles. The minimum absolute atomic E-state index is 0.00311. The molecule has 0 radical (unpaired) electrons. The van der Waals surface area contributed by atoms with Crippen LogP contribution in [0.5, 0.6) is 0 Å². The maximum Gasteiger partial charge on any atom is 0.416 e. The number of hydrogen-bond donors (Lipinski definition) is 2.